The number of ether oxygens (including phenoxy) is 1. The van der Waals surface area contributed by atoms with Gasteiger partial charge in [-0.2, -0.15) is 0 Å². The van der Waals surface area contributed by atoms with E-state index in [0.29, 0.717) is 0 Å². The van der Waals surface area contributed by atoms with Gasteiger partial charge in [0, 0.05) is 5.92 Å². The van der Waals surface area contributed by atoms with Crippen molar-refractivity contribution in [3.63, 3.8) is 0 Å². The smallest absolute Gasteiger partial charge is 0.309 e. The van der Waals surface area contributed by atoms with Crippen LogP contribution >= 0.6 is 23.2 Å². The van der Waals surface area contributed by atoms with E-state index in [1.807, 2.05) is 0 Å². The molecule has 1 saturated carbocycles. The van der Waals surface area contributed by atoms with Crippen LogP contribution in [0.2, 0.25) is 0 Å². The van der Waals surface area contributed by atoms with Gasteiger partial charge in [0.2, 0.25) is 0 Å². The first-order chi connectivity index (χ1) is 6.98. The van der Waals surface area contributed by atoms with Crippen LogP contribution in [0.5, 0.6) is 0 Å². The first-order valence-corrected chi connectivity index (χ1v) is 5.57. The molecule has 1 aliphatic carbocycles. The number of hydrogen-bond donors (Lipinski definition) is 0. The Hall–Kier alpha value is -0.0900. The van der Waals surface area contributed by atoms with Crippen molar-refractivity contribution in [2.24, 2.45) is 17.3 Å². The Morgan fingerprint density at radius 3 is 2.12 bits per heavy atom. The Balaban J connectivity index is 2.97. The molecule has 0 aromatic rings. The van der Waals surface area contributed by atoms with Crippen LogP contribution < -0.4 is 0 Å². The van der Waals surface area contributed by atoms with Crippen LogP contribution in [0.4, 0.5) is 8.78 Å². The zero-order valence-electron chi connectivity index (χ0n) is 9.48. The third kappa shape index (κ3) is 1.90. The minimum atomic E-state index is -3.33. The summed E-state index contributed by atoms with van der Waals surface area (Å²) in [5, 5.41) is 0. The molecule has 0 aromatic carbocycles. The predicted molar refractivity (Wildman–Crippen MR) is 57.8 cm³/mol. The highest BCUT2D eigenvalue weighted by Crippen LogP contribution is 2.68. The Morgan fingerprint density at radius 2 is 1.81 bits per heavy atom. The van der Waals surface area contributed by atoms with Crippen LogP contribution in [0, 0.1) is 17.3 Å². The normalized spacial score (nSPS) is 28.8. The van der Waals surface area contributed by atoms with E-state index in [9.17, 15) is 13.6 Å². The third-order valence-corrected chi connectivity index (χ3v) is 3.76. The lowest BCUT2D eigenvalue weighted by atomic mass is 10.0. The molecule has 2 atom stereocenters. The molecule has 6 heteroatoms. The van der Waals surface area contributed by atoms with Gasteiger partial charge in [0.15, 0.2) is 4.33 Å². The standard InChI is InChI=1S/C10H14Cl2F2O2/c1-8(2)5(7(15)16-4)6(8)10(13,14)9(3,11)12/h5-6H,1-4H3. The first-order valence-electron chi connectivity index (χ1n) is 4.81. The maximum Gasteiger partial charge on any atom is 0.309 e. The van der Waals surface area contributed by atoms with Crippen molar-refractivity contribution in [3.05, 3.63) is 0 Å². The van der Waals surface area contributed by atoms with Crippen molar-refractivity contribution in [3.8, 4) is 0 Å². The molecular formula is C10H14Cl2F2O2. The van der Waals surface area contributed by atoms with Crippen molar-refractivity contribution >= 4 is 29.2 Å². The molecule has 16 heavy (non-hydrogen) atoms. The van der Waals surface area contributed by atoms with Crippen LogP contribution in [-0.4, -0.2) is 23.3 Å². The maximum absolute atomic E-state index is 13.9. The molecule has 0 spiro atoms. The molecule has 2 unspecified atom stereocenters. The highest BCUT2D eigenvalue weighted by atomic mass is 35.5. The fourth-order valence-electron chi connectivity index (χ4n) is 2.15. The number of methoxy groups -OCH3 is 1. The van der Waals surface area contributed by atoms with Gasteiger partial charge < -0.3 is 4.74 Å². The van der Waals surface area contributed by atoms with E-state index in [1.54, 1.807) is 13.8 Å². The fourth-order valence-corrected chi connectivity index (χ4v) is 2.39. The molecular weight excluding hydrogens is 261 g/mol. The van der Waals surface area contributed by atoms with Gasteiger partial charge in [0.05, 0.1) is 13.0 Å². The molecule has 0 aliphatic heterocycles. The molecule has 0 N–H and O–H groups in total. The van der Waals surface area contributed by atoms with E-state index in [0.717, 1.165) is 6.92 Å². The zero-order valence-corrected chi connectivity index (χ0v) is 11.0. The summed E-state index contributed by atoms with van der Waals surface area (Å²) in [4.78, 5) is 11.3. The maximum atomic E-state index is 13.9. The van der Waals surface area contributed by atoms with E-state index in [4.69, 9.17) is 23.2 Å². The van der Waals surface area contributed by atoms with E-state index in [1.165, 1.54) is 7.11 Å². The summed E-state index contributed by atoms with van der Waals surface area (Å²) in [6.07, 6.45) is 0. The number of carbonyl (C=O) groups excluding carboxylic acids is 1. The molecule has 0 bridgehead atoms. The van der Waals surface area contributed by atoms with Crippen LogP contribution in [0.3, 0.4) is 0 Å². The zero-order chi connectivity index (χ0) is 12.9. The monoisotopic (exact) mass is 274 g/mol. The van der Waals surface area contributed by atoms with Crippen molar-refractivity contribution in [2.45, 2.75) is 31.0 Å². The van der Waals surface area contributed by atoms with E-state index in [2.05, 4.69) is 4.74 Å². The minimum absolute atomic E-state index is 0.646. The summed E-state index contributed by atoms with van der Waals surface area (Å²) >= 11 is 10.9. The van der Waals surface area contributed by atoms with Gasteiger partial charge in [-0.1, -0.05) is 37.0 Å². The molecule has 0 aromatic heterocycles. The first kappa shape index (κ1) is 14.0. The molecule has 1 fully saturated rings. The van der Waals surface area contributed by atoms with Gasteiger partial charge in [-0.25, -0.2) is 8.78 Å². The summed E-state index contributed by atoms with van der Waals surface area (Å²) in [6.45, 7) is 4.18. The highest BCUT2D eigenvalue weighted by Gasteiger charge is 2.76. The van der Waals surface area contributed by atoms with Gasteiger partial charge >= 0.3 is 5.97 Å². The number of esters is 1. The number of hydrogen-bond acceptors (Lipinski definition) is 2. The Labute approximate surface area is 103 Å². The van der Waals surface area contributed by atoms with Crippen molar-refractivity contribution in [2.75, 3.05) is 7.11 Å². The molecule has 0 amide bonds. The summed E-state index contributed by atoms with van der Waals surface area (Å²) in [5.74, 6) is -6.03. The second kappa shape index (κ2) is 3.70. The Kier molecular flexibility index (Phi) is 3.23. The van der Waals surface area contributed by atoms with Crippen molar-refractivity contribution in [1.29, 1.82) is 0 Å². The highest BCUT2D eigenvalue weighted by molar-refractivity contribution is 6.48. The second-order valence-electron chi connectivity index (χ2n) is 4.81. The lowest BCUT2D eigenvalue weighted by Crippen LogP contribution is -2.39. The summed E-state index contributed by atoms with van der Waals surface area (Å²) in [7, 11) is 1.17. The lowest BCUT2D eigenvalue weighted by Gasteiger charge is -2.27. The average molecular weight is 275 g/mol. The van der Waals surface area contributed by atoms with Crippen molar-refractivity contribution in [1.82, 2.24) is 0 Å². The van der Waals surface area contributed by atoms with Crippen molar-refractivity contribution < 1.29 is 18.3 Å². The van der Waals surface area contributed by atoms with E-state index in [-0.39, 0.29) is 0 Å². The topological polar surface area (TPSA) is 26.3 Å². The molecule has 0 radical (unpaired) electrons. The van der Waals surface area contributed by atoms with Gasteiger partial charge in [-0.05, 0) is 12.3 Å². The number of rotatable bonds is 3. The largest absolute Gasteiger partial charge is 0.469 e. The molecule has 1 aliphatic rings. The quantitative estimate of drug-likeness (QED) is 0.583. The van der Waals surface area contributed by atoms with Crippen LogP contribution in [-0.2, 0) is 9.53 Å². The summed E-state index contributed by atoms with van der Waals surface area (Å²) < 4.78 is 30.1. The van der Waals surface area contributed by atoms with E-state index >= 15 is 0 Å². The molecule has 1 rings (SSSR count). The lowest BCUT2D eigenvalue weighted by molar-refractivity contribution is -0.144. The Bertz CT molecular complexity index is 310. The minimum Gasteiger partial charge on any atom is -0.469 e. The predicted octanol–water partition coefficient (Wildman–Crippen LogP) is 3.26. The number of alkyl halides is 4. The molecule has 2 nitrogen and oxygen atoms in total. The Morgan fingerprint density at radius 1 is 1.38 bits per heavy atom. The van der Waals surface area contributed by atoms with E-state index < -0.39 is 33.5 Å². The fraction of sp³-hybridized carbons (Fsp3) is 0.900. The van der Waals surface area contributed by atoms with Gasteiger partial charge in [-0.15, -0.1) is 0 Å². The number of halogens is 4. The molecule has 0 heterocycles. The van der Waals surface area contributed by atoms with Crippen LogP contribution in [0.25, 0.3) is 0 Å². The summed E-state index contributed by atoms with van der Waals surface area (Å²) in [5.41, 5.74) is -0.846. The van der Waals surface area contributed by atoms with Crippen LogP contribution in [0.15, 0.2) is 0 Å². The summed E-state index contributed by atoms with van der Waals surface area (Å²) in [6, 6.07) is 0. The van der Waals surface area contributed by atoms with Gasteiger partial charge in [-0.3, -0.25) is 4.79 Å². The SMILES string of the molecule is COC(=O)C1C(C(F)(F)C(C)(Cl)Cl)C1(C)C. The average Bonchev–Trinajstić information content (AvgIpc) is 2.66. The third-order valence-electron chi connectivity index (χ3n) is 3.26. The molecule has 0 saturated heterocycles. The molecule has 94 valence electrons. The second-order valence-corrected chi connectivity index (χ2v) is 6.52. The van der Waals surface area contributed by atoms with Gasteiger partial charge in [0.25, 0.3) is 5.92 Å². The van der Waals surface area contributed by atoms with Gasteiger partial charge in [0.1, 0.15) is 0 Å². The van der Waals surface area contributed by atoms with Crippen LogP contribution in [0.1, 0.15) is 20.8 Å². The number of carbonyl (C=O) groups is 1.